The summed E-state index contributed by atoms with van der Waals surface area (Å²) in [5.41, 5.74) is -1.28. The number of aliphatic hydroxyl groups is 1. The van der Waals surface area contributed by atoms with Crippen molar-refractivity contribution in [3.63, 3.8) is 0 Å². The van der Waals surface area contributed by atoms with Gasteiger partial charge in [-0.05, 0) is 37.5 Å². The predicted octanol–water partition coefficient (Wildman–Crippen LogP) is 2.07. The SMILES string of the molecule is CC(=O)O[C@H]1[C@@H]2[C@H](C)CC[C@H]2[C@]2(C)O[C@@]1(C(C)C)C[C@H]2OC(=O)CO. The van der Waals surface area contributed by atoms with Crippen LogP contribution in [0.15, 0.2) is 0 Å². The Labute approximate surface area is 149 Å². The molecule has 3 aliphatic rings. The maximum Gasteiger partial charge on any atom is 0.332 e. The van der Waals surface area contributed by atoms with Gasteiger partial charge in [0.15, 0.2) is 0 Å². The molecule has 2 bridgehead atoms. The highest BCUT2D eigenvalue weighted by Crippen LogP contribution is 2.63. The molecule has 142 valence electrons. The third-order valence-corrected chi connectivity index (χ3v) is 6.85. The van der Waals surface area contributed by atoms with Gasteiger partial charge >= 0.3 is 11.9 Å². The van der Waals surface area contributed by atoms with Crippen LogP contribution in [0, 0.1) is 23.7 Å². The van der Waals surface area contributed by atoms with Crippen LogP contribution < -0.4 is 0 Å². The molecule has 25 heavy (non-hydrogen) atoms. The lowest BCUT2D eigenvalue weighted by atomic mass is 9.69. The summed E-state index contributed by atoms with van der Waals surface area (Å²) < 4.78 is 18.1. The first-order valence-corrected chi connectivity index (χ1v) is 9.33. The number of carbonyl (C=O) groups excluding carboxylic acids is 2. The van der Waals surface area contributed by atoms with E-state index in [9.17, 15) is 9.59 Å². The molecular weight excluding hydrogens is 324 g/mol. The lowest BCUT2D eigenvalue weighted by Crippen LogP contribution is -2.62. The summed E-state index contributed by atoms with van der Waals surface area (Å²) in [6.45, 7) is 9.15. The van der Waals surface area contributed by atoms with Gasteiger partial charge in [0.25, 0.3) is 0 Å². The Morgan fingerprint density at radius 1 is 1.28 bits per heavy atom. The van der Waals surface area contributed by atoms with Gasteiger partial charge in [0, 0.05) is 19.3 Å². The Morgan fingerprint density at radius 3 is 2.52 bits per heavy atom. The Bertz CT molecular complexity index is 560. The number of rotatable bonds is 4. The zero-order valence-electron chi connectivity index (χ0n) is 15.8. The first-order valence-electron chi connectivity index (χ1n) is 9.33. The van der Waals surface area contributed by atoms with E-state index in [1.165, 1.54) is 6.92 Å². The standard InChI is InChI=1S/C19H30O6/c1-10(2)19-8-14(24-15(22)9-20)18(5,25-19)13-7-6-11(3)16(13)17(19)23-12(4)21/h10-11,13-14,16-17,20H,6-9H2,1-5H3/t11-,13-,14-,16-,17+,18+,19-/m1/s1. The van der Waals surface area contributed by atoms with Crippen LogP contribution in [0.1, 0.15) is 53.9 Å². The maximum atomic E-state index is 11.8. The van der Waals surface area contributed by atoms with Crippen LogP contribution in [-0.2, 0) is 23.8 Å². The number of carbonyl (C=O) groups is 2. The van der Waals surface area contributed by atoms with Gasteiger partial charge in [-0.3, -0.25) is 4.79 Å². The largest absolute Gasteiger partial charge is 0.459 e. The van der Waals surface area contributed by atoms with E-state index in [0.717, 1.165) is 12.8 Å². The van der Waals surface area contributed by atoms with Crippen molar-refractivity contribution >= 4 is 11.9 Å². The van der Waals surface area contributed by atoms with Gasteiger partial charge in [-0.25, -0.2) is 4.79 Å². The van der Waals surface area contributed by atoms with Crippen molar-refractivity contribution in [1.82, 2.24) is 0 Å². The van der Waals surface area contributed by atoms with E-state index in [2.05, 4.69) is 20.8 Å². The molecule has 2 saturated heterocycles. The molecule has 3 rings (SSSR count). The normalized spacial score (nSPS) is 45.3. The second-order valence-corrected chi connectivity index (χ2v) is 8.50. The fourth-order valence-electron chi connectivity index (χ4n) is 5.62. The predicted molar refractivity (Wildman–Crippen MR) is 89.6 cm³/mol. The third kappa shape index (κ3) is 2.69. The Hall–Kier alpha value is -1.14. The van der Waals surface area contributed by atoms with Crippen molar-refractivity contribution in [1.29, 1.82) is 0 Å². The Kier molecular flexibility index (Phi) is 4.65. The number of esters is 2. The quantitative estimate of drug-likeness (QED) is 0.779. The van der Waals surface area contributed by atoms with E-state index < -0.39 is 29.9 Å². The van der Waals surface area contributed by atoms with Gasteiger partial charge in [0.1, 0.15) is 30.0 Å². The van der Waals surface area contributed by atoms with Gasteiger partial charge in [0.2, 0.25) is 0 Å². The topological polar surface area (TPSA) is 82.1 Å². The summed E-state index contributed by atoms with van der Waals surface area (Å²) in [5, 5.41) is 9.11. The molecular formula is C19H30O6. The van der Waals surface area contributed by atoms with Gasteiger partial charge < -0.3 is 19.3 Å². The molecule has 2 aliphatic heterocycles. The number of aliphatic hydroxyl groups excluding tert-OH is 1. The van der Waals surface area contributed by atoms with E-state index in [1.54, 1.807) is 0 Å². The smallest absolute Gasteiger partial charge is 0.332 e. The highest BCUT2D eigenvalue weighted by Gasteiger charge is 2.72. The summed E-state index contributed by atoms with van der Waals surface area (Å²) >= 11 is 0. The molecule has 0 aromatic rings. The molecule has 0 aromatic heterocycles. The minimum Gasteiger partial charge on any atom is -0.459 e. The Morgan fingerprint density at radius 2 is 1.96 bits per heavy atom. The molecule has 0 spiro atoms. The summed E-state index contributed by atoms with van der Waals surface area (Å²) in [5.74, 6) is -0.0508. The first-order chi connectivity index (χ1) is 11.7. The Balaban J connectivity index is 2.05. The fourth-order valence-corrected chi connectivity index (χ4v) is 5.62. The van der Waals surface area contributed by atoms with E-state index >= 15 is 0 Å². The van der Waals surface area contributed by atoms with E-state index in [1.807, 2.05) is 6.92 Å². The van der Waals surface area contributed by atoms with Crippen molar-refractivity contribution in [3.8, 4) is 0 Å². The van der Waals surface area contributed by atoms with Crippen molar-refractivity contribution in [3.05, 3.63) is 0 Å². The molecule has 6 heteroatoms. The molecule has 7 atom stereocenters. The lowest BCUT2D eigenvalue weighted by molar-refractivity contribution is -0.265. The van der Waals surface area contributed by atoms with Crippen LogP contribution in [0.4, 0.5) is 0 Å². The van der Waals surface area contributed by atoms with Crippen LogP contribution >= 0.6 is 0 Å². The molecule has 1 N–H and O–H groups in total. The lowest BCUT2D eigenvalue weighted by Gasteiger charge is -2.52. The molecule has 0 unspecified atom stereocenters. The third-order valence-electron chi connectivity index (χ3n) is 6.85. The van der Waals surface area contributed by atoms with Crippen LogP contribution in [0.3, 0.4) is 0 Å². The first kappa shape index (κ1) is 18.6. The van der Waals surface area contributed by atoms with Gasteiger partial charge in [0.05, 0.1) is 0 Å². The summed E-state index contributed by atoms with van der Waals surface area (Å²) in [6, 6.07) is 0. The molecule has 1 saturated carbocycles. The number of hydrogen-bond acceptors (Lipinski definition) is 6. The summed E-state index contributed by atoms with van der Waals surface area (Å²) in [7, 11) is 0. The van der Waals surface area contributed by atoms with E-state index in [0.29, 0.717) is 12.3 Å². The van der Waals surface area contributed by atoms with Crippen molar-refractivity contribution in [2.45, 2.75) is 77.3 Å². The van der Waals surface area contributed by atoms with Gasteiger partial charge in [-0.1, -0.05) is 20.8 Å². The minimum atomic E-state index is -0.666. The second kappa shape index (κ2) is 6.23. The van der Waals surface area contributed by atoms with Gasteiger partial charge in [-0.2, -0.15) is 0 Å². The van der Waals surface area contributed by atoms with Crippen LogP contribution in [-0.4, -0.2) is 47.1 Å². The van der Waals surface area contributed by atoms with Crippen molar-refractivity contribution in [2.24, 2.45) is 23.7 Å². The summed E-state index contributed by atoms with van der Waals surface area (Å²) in [4.78, 5) is 23.6. The average molecular weight is 354 g/mol. The average Bonchev–Trinajstić information content (AvgIpc) is 3.03. The monoisotopic (exact) mass is 354 g/mol. The van der Waals surface area contributed by atoms with Crippen molar-refractivity contribution in [2.75, 3.05) is 6.61 Å². The summed E-state index contributed by atoms with van der Waals surface area (Å²) in [6.07, 6.45) is 1.72. The van der Waals surface area contributed by atoms with E-state index in [-0.39, 0.29) is 29.8 Å². The maximum absolute atomic E-state index is 11.8. The number of ether oxygens (including phenoxy) is 3. The number of hydrogen-bond donors (Lipinski definition) is 1. The molecule has 3 fully saturated rings. The van der Waals surface area contributed by atoms with Gasteiger partial charge in [-0.15, -0.1) is 0 Å². The van der Waals surface area contributed by atoms with Crippen LogP contribution in [0.2, 0.25) is 0 Å². The molecule has 2 heterocycles. The van der Waals surface area contributed by atoms with Crippen molar-refractivity contribution < 1.29 is 28.9 Å². The fraction of sp³-hybridized carbons (Fsp3) is 0.895. The molecule has 0 aromatic carbocycles. The minimum absolute atomic E-state index is 0.0998. The highest BCUT2D eigenvalue weighted by molar-refractivity contribution is 5.70. The van der Waals surface area contributed by atoms with E-state index in [4.69, 9.17) is 19.3 Å². The molecule has 6 nitrogen and oxygen atoms in total. The molecule has 1 aliphatic carbocycles. The molecule has 0 radical (unpaired) electrons. The number of fused-ring (bicyclic) bond motifs is 4. The van der Waals surface area contributed by atoms with Crippen LogP contribution in [0.25, 0.3) is 0 Å². The zero-order chi connectivity index (χ0) is 18.6. The highest BCUT2D eigenvalue weighted by atomic mass is 16.6. The zero-order valence-corrected chi connectivity index (χ0v) is 15.8. The van der Waals surface area contributed by atoms with Crippen LogP contribution in [0.5, 0.6) is 0 Å². The second-order valence-electron chi connectivity index (χ2n) is 8.50. The molecule has 0 amide bonds.